The molecule has 0 spiro atoms. The van der Waals surface area contributed by atoms with Crippen LogP contribution in [-0.4, -0.2) is 62.0 Å². The van der Waals surface area contributed by atoms with Crippen LogP contribution in [0, 0.1) is 0 Å². The summed E-state index contributed by atoms with van der Waals surface area (Å²) in [6.45, 7) is 3.06. The predicted molar refractivity (Wildman–Crippen MR) is 131 cm³/mol. The lowest BCUT2D eigenvalue weighted by Gasteiger charge is -2.29. The fourth-order valence-electron chi connectivity index (χ4n) is 4.02. The second-order valence-electron chi connectivity index (χ2n) is 8.57. The highest BCUT2D eigenvalue weighted by molar-refractivity contribution is 6.33. The molecule has 0 amide bonds. The van der Waals surface area contributed by atoms with E-state index in [2.05, 4.69) is 25.3 Å². The number of aromatic amines is 2. The van der Waals surface area contributed by atoms with Crippen molar-refractivity contribution >= 4 is 40.5 Å². The Morgan fingerprint density at radius 1 is 1.23 bits per heavy atom. The number of aromatic hydroxyl groups is 1. The van der Waals surface area contributed by atoms with Crippen LogP contribution in [0.3, 0.4) is 0 Å². The van der Waals surface area contributed by atoms with Crippen molar-refractivity contribution in [3.63, 3.8) is 0 Å². The number of halogens is 1. The zero-order chi connectivity index (χ0) is 23.9. The van der Waals surface area contributed by atoms with Gasteiger partial charge in [0, 0.05) is 30.1 Å². The van der Waals surface area contributed by atoms with Crippen LogP contribution in [0.1, 0.15) is 18.5 Å². The van der Waals surface area contributed by atoms with E-state index >= 15 is 0 Å². The van der Waals surface area contributed by atoms with Gasteiger partial charge in [-0.2, -0.15) is 9.61 Å². The average molecular weight is 495 g/mol. The van der Waals surface area contributed by atoms with Gasteiger partial charge in [-0.1, -0.05) is 11.6 Å². The number of nitrogens with one attached hydrogen (secondary N) is 3. The van der Waals surface area contributed by atoms with Crippen LogP contribution in [0.2, 0.25) is 5.02 Å². The number of H-pyrrole nitrogens is 2. The number of hydrogen-bond acceptors (Lipinski definition) is 8. The number of imidazole rings is 1. The van der Waals surface area contributed by atoms with E-state index in [9.17, 15) is 9.90 Å². The van der Waals surface area contributed by atoms with Crippen molar-refractivity contribution < 1.29 is 9.84 Å². The highest BCUT2D eigenvalue weighted by atomic mass is 35.5. The molecule has 1 aliphatic heterocycles. The molecule has 3 aromatic heterocycles. The van der Waals surface area contributed by atoms with E-state index in [0.29, 0.717) is 40.4 Å². The van der Waals surface area contributed by atoms with Crippen molar-refractivity contribution in [2.45, 2.75) is 18.9 Å². The number of aromatic nitrogens is 5. The maximum atomic E-state index is 11.5. The third kappa shape index (κ3) is 4.47. The van der Waals surface area contributed by atoms with Gasteiger partial charge >= 0.3 is 5.69 Å². The Hall–Kier alpha value is -3.83. The molecule has 0 unspecified atom stereocenters. The fraction of sp³-hybridized carbons (Fsp3) is 0.304. The summed E-state index contributed by atoms with van der Waals surface area (Å²) in [4.78, 5) is 28.1. The maximum Gasteiger partial charge on any atom is 0.326 e. The monoisotopic (exact) mass is 494 g/mol. The number of rotatable bonds is 5. The number of fused-ring (bicyclic) bond motifs is 1. The van der Waals surface area contributed by atoms with Gasteiger partial charge in [-0.05, 0) is 37.1 Å². The number of anilines is 3. The maximum absolute atomic E-state index is 11.5. The van der Waals surface area contributed by atoms with E-state index in [-0.39, 0.29) is 17.6 Å². The molecule has 2 aliphatic rings. The van der Waals surface area contributed by atoms with Crippen LogP contribution >= 0.6 is 11.6 Å². The molecule has 0 radical (unpaired) electrons. The molecule has 12 heteroatoms. The smallest absolute Gasteiger partial charge is 0.326 e. The van der Waals surface area contributed by atoms with Gasteiger partial charge in [-0.25, -0.2) is 9.78 Å². The van der Waals surface area contributed by atoms with Gasteiger partial charge in [0.15, 0.2) is 11.1 Å². The standard InChI is InChI=1S/C23H23ClN8O3/c24-16-10-15(31-5-7-35-8-6-31)3-4-17(16)27-19-11-20(26-14-1-2-14)32-21(29-19)13(12-25-32)9-18-22(33)30-23(34)28-18/h3-4,9-12,14,27,33H,1-2,5-8H2,(H2,28,30,34). The molecule has 11 nitrogen and oxygen atoms in total. The topological polar surface area (TPSA) is 136 Å². The lowest BCUT2D eigenvalue weighted by Crippen LogP contribution is -2.36. The van der Waals surface area contributed by atoms with Crippen molar-refractivity contribution in [2.75, 3.05) is 36.5 Å². The molecule has 2 fully saturated rings. The predicted octanol–water partition coefficient (Wildman–Crippen LogP) is 1.30. The van der Waals surface area contributed by atoms with Gasteiger partial charge in [0.2, 0.25) is 5.88 Å². The number of morpholine rings is 1. The zero-order valence-electron chi connectivity index (χ0n) is 18.7. The molecule has 4 N–H and O–H groups in total. The highest BCUT2D eigenvalue weighted by Gasteiger charge is 2.20. The highest BCUT2D eigenvalue weighted by Crippen LogP contribution is 2.30. The fourth-order valence-corrected chi connectivity index (χ4v) is 4.24. The largest absolute Gasteiger partial charge is 0.493 e. The lowest BCUT2D eigenvalue weighted by atomic mass is 10.2. The van der Waals surface area contributed by atoms with E-state index in [1.807, 2.05) is 24.3 Å². The van der Waals surface area contributed by atoms with Crippen molar-refractivity contribution in [1.29, 1.82) is 0 Å². The molecule has 180 valence electrons. The summed E-state index contributed by atoms with van der Waals surface area (Å²) >= 11 is 6.63. The quantitative estimate of drug-likeness (QED) is 0.328. The van der Waals surface area contributed by atoms with Crippen molar-refractivity contribution in [3.8, 4) is 5.88 Å². The summed E-state index contributed by atoms with van der Waals surface area (Å²) < 4.78 is 7.09. The molecule has 0 atom stereocenters. The minimum absolute atomic E-state index is 0.243. The Bertz CT molecular complexity index is 1580. The summed E-state index contributed by atoms with van der Waals surface area (Å²) in [5.74, 6) is 0.304. The Morgan fingerprint density at radius 3 is 2.77 bits per heavy atom. The molecule has 1 saturated heterocycles. The second-order valence-corrected chi connectivity index (χ2v) is 8.98. The molecule has 1 aromatic carbocycles. The summed E-state index contributed by atoms with van der Waals surface area (Å²) in [5, 5.41) is 18.9. The first-order valence-electron chi connectivity index (χ1n) is 11.4. The van der Waals surface area contributed by atoms with E-state index in [1.54, 1.807) is 16.8 Å². The Kier molecular flexibility index (Phi) is 5.42. The minimum atomic E-state index is -0.500. The summed E-state index contributed by atoms with van der Waals surface area (Å²) in [5.41, 5.74) is 2.69. The molecular formula is C23H23ClN8O3. The number of ether oxygens (including phenoxy) is 1. The zero-order valence-corrected chi connectivity index (χ0v) is 19.4. The van der Waals surface area contributed by atoms with E-state index in [0.717, 1.165) is 37.3 Å². The molecule has 4 heterocycles. The first-order valence-corrected chi connectivity index (χ1v) is 11.8. The van der Waals surface area contributed by atoms with Crippen LogP contribution in [-0.2, 0) is 4.74 Å². The molecule has 4 aromatic rings. The van der Waals surface area contributed by atoms with Gasteiger partial charge in [0.25, 0.3) is 0 Å². The lowest BCUT2D eigenvalue weighted by molar-refractivity contribution is 0.122. The third-order valence-electron chi connectivity index (χ3n) is 5.97. The van der Waals surface area contributed by atoms with Gasteiger partial charge in [-0.15, -0.1) is 0 Å². The minimum Gasteiger partial charge on any atom is -0.493 e. The van der Waals surface area contributed by atoms with Crippen LogP contribution in [0.5, 0.6) is 5.88 Å². The normalized spacial score (nSPS) is 17.5. The second kappa shape index (κ2) is 8.75. The molecule has 1 aliphatic carbocycles. The van der Waals surface area contributed by atoms with E-state index < -0.39 is 5.69 Å². The first-order chi connectivity index (χ1) is 17.0. The van der Waals surface area contributed by atoms with Crippen LogP contribution in [0.4, 0.5) is 17.2 Å². The molecule has 6 rings (SSSR count). The summed E-state index contributed by atoms with van der Waals surface area (Å²) in [6.07, 6.45) is 5.31. The number of benzene rings is 1. The van der Waals surface area contributed by atoms with E-state index in [4.69, 9.17) is 26.3 Å². The third-order valence-corrected chi connectivity index (χ3v) is 6.28. The van der Waals surface area contributed by atoms with Crippen molar-refractivity contribution in [2.24, 2.45) is 4.99 Å². The van der Waals surface area contributed by atoms with Gasteiger partial charge < -0.3 is 25.0 Å². The SMILES string of the molecule is O=c1[nH]c(O)c(C=c2cnn3c(=NC4CC4)cc(Nc4ccc(N5CCOCC5)cc4Cl)nc23)[nH]1. The van der Waals surface area contributed by atoms with Gasteiger partial charge in [-0.3, -0.25) is 9.98 Å². The molecule has 35 heavy (non-hydrogen) atoms. The summed E-state index contributed by atoms with van der Waals surface area (Å²) in [6, 6.07) is 8.00. The Morgan fingerprint density at radius 2 is 2.06 bits per heavy atom. The van der Waals surface area contributed by atoms with Crippen LogP contribution in [0.25, 0.3) is 11.7 Å². The summed E-state index contributed by atoms with van der Waals surface area (Å²) in [7, 11) is 0. The Balaban J connectivity index is 1.40. The molecule has 1 saturated carbocycles. The van der Waals surface area contributed by atoms with Crippen molar-refractivity contribution in [3.05, 3.63) is 62.4 Å². The van der Waals surface area contributed by atoms with Crippen molar-refractivity contribution in [1.82, 2.24) is 24.6 Å². The van der Waals surface area contributed by atoms with Gasteiger partial charge in [0.1, 0.15) is 11.5 Å². The molecule has 0 bridgehead atoms. The average Bonchev–Trinajstić information content (AvgIpc) is 3.49. The Labute approximate surface area is 203 Å². The van der Waals surface area contributed by atoms with E-state index in [1.165, 1.54) is 0 Å². The first kappa shape index (κ1) is 21.7. The number of nitrogens with zero attached hydrogens (tertiary/aromatic N) is 5. The van der Waals surface area contributed by atoms with Crippen LogP contribution in [0.15, 0.2) is 40.2 Å². The molecular weight excluding hydrogens is 472 g/mol. The van der Waals surface area contributed by atoms with Gasteiger partial charge in [0.05, 0.1) is 36.2 Å². The van der Waals surface area contributed by atoms with Crippen LogP contribution < -0.4 is 26.6 Å². The number of hydrogen-bond donors (Lipinski definition) is 4.